The largest absolute Gasteiger partial charge is 0.274 e. The van der Waals surface area contributed by atoms with Gasteiger partial charge in [-0.1, -0.05) is 18.6 Å². The molecule has 0 radical (unpaired) electrons. The maximum Gasteiger partial charge on any atom is 0.269 e. The first-order valence-corrected chi connectivity index (χ1v) is 7.88. The lowest BCUT2D eigenvalue weighted by molar-refractivity contribution is -0.384. The van der Waals surface area contributed by atoms with Gasteiger partial charge in [-0.3, -0.25) is 24.6 Å². The summed E-state index contributed by atoms with van der Waals surface area (Å²) in [4.78, 5) is 37.2. The van der Waals surface area contributed by atoms with E-state index in [0.29, 0.717) is 5.69 Å². The van der Waals surface area contributed by atoms with Gasteiger partial charge in [0.1, 0.15) is 0 Å². The molecule has 1 saturated carbocycles. The van der Waals surface area contributed by atoms with E-state index in [1.807, 2.05) is 0 Å². The molecule has 1 aliphatic heterocycles. The molecule has 2 amide bonds. The number of carbonyl (C=O) groups excluding carboxylic acids is 2. The number of allylic oxidation sites excluding steroid dienone is 2. The lowest BCUT2D eigenvalue weighted by Gasteiger charge is -2.27. The van der Waals surface area contributed by atoms with Crippen LogP contribution in [0.5, 0.6) is 0 Å². The van der Waals surface area contributed by atoms with Crippen molar-refractivity contribution in [2.45, 2.75) is 19.3 Å². The molecule has 118 valence electrons. The predicted octanol–water partition coefficient (Wildman–Crippen LogP) is 2.69. The van der Waals surface area contributed by atoms with Crippen LogP contribution in [0.15, 0.2) is 36.4 Å². The molecule has 6 heteroatoms. The summed E-state index contributed by atoms with van der Waals surface area (Å²) in [5.74, 6) is -0.577. The second-order valence-corrected chi connectivity index (χ2v) is 6.48. The van der Waals surface area contributed by atoms with Crippen molar-refractivity contribution in [2.75, 3.05) is 4.90 Å². The van der Waals surface area contributed by atoms with Crippen LogP contribution in [-0.2, 0) is 9.59 Å². The molecule has 23 heavy (non-hydrogen) atoms. The molecule has 0 N–H and O–H groups in total. The monoisotopic (exact) mass is 312 g/mol. The standard InChI is InChI=1S/C17H16N2O4/c20-16-14-10-2-1-3-11(5-4-10)15(14)17(21)18(16)12-6-8-13(9-7-12)19(22)23/h4-11,14-15H,1-3H2. The zero-order valence-electron chi connectivity index (χ0n) is 12.4. The first kappa shape index (κ1) is 14.1. The van der Waals surface area contributed by atoms with Crippen molar-refractivity contribution in [3.63, 3.8) is 0 Å². The minimum absolute atomic E-state index is 0.0520. The number of hydrogen-bond donors (Lipinski definition) is 0. The molecule has 0 spiro atoms. The first-order valence-electron chi connectivity index (χ1n) is 7.88. The number of hydrogen-bond acceptors (Lipinski definition) is 4. The number of nitro groups is 1. The highest BCUT2D eigenvalue weighted by Crippen LogP contribution is 2.48. The molecule has 1 saturated heterocycles. The van der Waals surface area contributed by atoms with Gasteiger partial charge >= 0.3 is 0 Å². The molecule has 0 aromatic heterocycles. The fourth-order valence-electron chi connectivity index (χ4n) is 4.26. The summed E-state index contributed by atoms with van der Waals surface area (Å²) in [7, 11) is 0. The number of imide groups is 1. The summed E-state index contributed by atoms with van der Waals surface area (Å²) in [6, 6.07) is 5.62. The minimum atomic E-state index is -0.495. The van der Waals surface area contributed by atoms with Crippen LogP contribution in [-0.4, -0.2) is 16.7 Å². The van der Waals surface area contributed by atoms with Crippen molar-refractivity contribution < 1.29 is 14.5 Å². The Morgan fingerprint density at radius 1 is 0.957 bits per heavy atom. The van der Waals surface area contributed by atoms with Gasteiger partial charge in [-0.25, -0.2) is 0 Å². The van der Waals surface area contributed by atoms with E-state index in [1.54, 1.807) is 0 Å². The highest BCUT2D eigenvalue weighted by Gasteiger charge is 2.55. The molecule has 4 unspecified atom stereocenters. The van der Waals surface area contributed by atoms with Crippen LogP contribution in [0, 0.1) is 33.8 Å². The van der Waals surface area contributed by atoms with Crippen molar-refractivity contribution in [3.05, 3.63) is 46.5 Å². The van der Waals surface area contributed by atoms with E-state index in [9.17, 15) is 19.7 Å². The normalized spacial score (nSPS) is 32.1. The molecule has 4 atom stereocenters. The maximum atomic E-state index is 12.8. The Morgan fingerprint density at radius 3 is 1.96 bits per heavy atom. The van der Waals surface area contributed by atoms with Crippen LogP contribution in [0.25, 0.3) is 0 Å². The number of nitrogens with zero attached hydrogens (tertiary/aromatic N) is 2. The second-order valence-electron chi connectivity index (χ2n) is 6.48. The van der Waals surface area contributed by atoms with Gasteiger partial charge in [-0.05, 0) is 36.8 Å². The van der Waals surface area contributed by atoms with E-state index in [2.05, 4.69) is 12.2 Å². The van der Waals surface area contributed by atoms with Crippen LogP contribution in [0.3, 0.4) is 0 Å². The quantitative estimate of drug-likeness (QED) is 0.364. The smallest absolute Gasteiger partial charge is 0.269 e. The third kappa shape index (κ3) is 2.01. The van der Waals surface area contributed by atoms with Gasteiger partial charge in [0.25, 0.3) is 5.69 Å². The molecule has 1 heterocycles. The van der Waals surface area contributed by atoms with Crippen molar-refractivity contribution in [1.82, 2.24) is 0 Å². The Kier molecular flexibility index (Phi) is 3.07. The maximum absolute atomic E-state index is 12.8. The Morgan fingerprint density at radius 2 is 1.48 bits per heavy atom. The third-order valence-corrected chi connectivity index (χ3v) is 5.32. The number of rotatable bonds is 2. The number of carbonyl (C=O) groups is 2. The summed E-state index contributed by atoms with van der Waals surface area (Å²) in [6.07, 6.45) is 7.14. The van der Waals surface area contributed by atoms with Crippen LogP contribution >= 0.6 is 0 Å². The van der Waals surface area contributed by atoms with Crippen molar-refractivity contribution >= 4 is 23.2 Å². The molecule has 1 aromatic carbocycles. The van der Waals surface area contributed by atoms with Gasteiger partial charge in [-0.2, -0.15) is 0 Å². The van der Waals surface area contributed by atoms with Gasteiger partial charge in [0.2, 0.25) is 11.8 Å². The van der Waals surface area contributed by atoms with E-state index in [1.165, 1.54) is 29.2 Å². The molecule has 2 bridgehead atoms. The summed E-state index contributed by atoms with van der Waals surface area (Å²) >= 11 is 0. The minimum Gasteiger partial charge on any atom is -0.274 e. The van der Waals surface area contributed by atoms with E-state index in [-0.39, 0.29) is 41.2 Å². The fraction of sp³-hybridized carbons (Fsp3) is 0.412. The number of non-ortho nitro benzene ring substituents is 1. The molecular weight excluding hydrogens is 296 g/mol. The second kappa shape index (κ2) is 5.01. The number of fused-ring (bicyclic) bond motifs is 2. The van der Waals surface area contributed by atoms with Gasteiger partial charge in [0, 0.05) is 12.1 Å². The third-order valence-electron chi connectivity index (χ3n) is 5.32. The van der Waals surface area contributed by atoms with E-state index < -0.39 is 4.92 Å². The summed E-state index contributed by atoms with van der Waals surface area (Å²) in [5, 5.41) is 10.7. The number of nitro benzene ring substituents is 1. The lowest BCUT2D eigenvalue weighted by atomic mass is 9.73. The van der Waals surface area contributed by atoms with Crippen molar-refractivity contribution in [3.8, 4) is 0 Å². The average Bonchev–Trinajstić information content (AvgIpc) is 2.75. The molecule has 2 fully saturated rings. The zero-order chi connectivity index (χ0) is 16.1. The predicted molar refractivity (Wildman–Crippen MR) is 82.5 cm³/mol. The van der Waals surface area contributed by atoms with E-state index in [4.69, 9.17) is 0 Å². The number of anilines is 1. The molecule has 1 aromatic rings. The fourth-order valence-corrected chi connectivity index (χ4v) is 4.26. The summed E-state index contributed by atoms with van der Waals surface area (Å²) in [6.45, 7) is 0. The summed E-state index contributed by atoms with van der Waals surface area (Å²) < 4.78 is 0. The Hall–Kier alpha value is -2.50. The average molecular weight is 312 g/mol. The van der Waals surface area contributed by atoms with Crippen LogP contribution < -0.4 is 4.90 Å². The van der Waals surface area contributed by atoms with Gasteiger partial charge in [-0.15, -0.1) is 0 Å². The van der Waals surface area contributed by atoms with E-state index >= 15 is 0 Å². The SMILES string of the molecule is O=C1C2C3C=CC(CCC3)C2C(=O)N1c1ccc([N+](=O)[O-])cc1. The summed E-state index contributed by atoms with van der Waals surface area (Å²) in [5.41, 5.74) is 0.377. The Bertz CT molecular complexity index is 693. The topological polar surface area (TPSA) is 80.5 Å². The highest BCUT2D eigenvalue weighted by molar-refractivity contribution is 6.22. The molecule has 4 aliphatic rings. The van der Waals surface area contributed by atoms with E-state index in [0.717, 1.165) is 19.3 Å². The lowest BCUT2D eigenvalue weighted by Crippen LogP contribution is -2.32. The van der Waals surface area contributed by atoms with Crippen LogP contribution in [0.1, 0.15) is 19.3 Å². The number of benzene rings is 1. The molecule has 5 rings (SSSR count). The van der Waals surface area contributed by atoms with Crippen LogP contribution in [0.2, 0.25) is 0 Å². The Labute approximate surface area is 132 Å². The number of amides is 2. The van der Waals surface area contributed by atoms with Gasteiger partial charge < -0.3 is 0 Å². The molecular formula is C17H16N2O4. The van der Waals surface area contributed by atoms with Gasteiger partial charge in [0.05, 0.1) is 22.4 Å². The van der Waals surface area contributed by atoms with Gasteiger partial charge in [0.15, 0.2) is 0 Å². The highest BCUT2D eigenvalue weighted by atomic mass is 16.6. The van der Waals surface area contributed by atoms with Crippen molar-refractivity contribution in [1.29, 1.82) is 0 Å². The van der Waals surface area contributed by atoms with Crippen molar-refractivity contribution in [2.24, 2.45) is 23.7 Å². The Balaban J connectivity index is 1.70. The molecule has 6 nitrogen and oxygen atoms in total. The molecule has 3 aliphatic carbocycles. The zero-order valence-corrected chi connectivity index (χ0v) is 12.4. The van der Waals surface area contributed by atoms with Crippen LogP contribution in [0.4, 0.5) is 11.4 Å². The first-order chi connectivity index (χ1) is 11.1.